The van der Waals surface area contributed by atoms with Gasteiger partial charge in [0.05, 0.1) is 5.02 Å². The number of nitrogens with one attached hydrogen (secondary N) is 2. The first kappa shape index (κ1) is 19.7. The average Bonchev–Trinajstić information content (AvgIpc) is 2.63. The smallest absolute Gasteiger partial charge is 0.191 e. The number of hydrogen-bond donors (Lipinski definition) is 2. The van der Waals surface area contributed by atoms with Crippen molar-refractivity contribution < 1.29 is 9.47 Å². The zero-order valence-electron chi connectivity index (χ0n) is 13.9. The van der Waals surface area contributed by atoms with Crippen LogP contribution in [-0.2, 0) is 13.1 Å². The second-order valence-electron chi connectivity index (χ2n) is 5.37. The topological polar surface area (TPSA) is 54.9 Å². The normalized spacial score (nSPS) is 13.0. The van der Waals surface area contributed by atoms with Gasteiger partial charge in [-0.3, -0.25) is 4.99 Å². The van der Waals surface area contributed by atoms with E-state index in [1.54, 1.807) is 7.05 Å². The molecule has 1 heterocycles. The Bertz CT molecular complexity index is 726. The van der Waals surface area contributed by atoms with Crippen LogP contribution < -0.4 is 20.1 Å². The summed E-state index contributed by atoms with van der Waals surface area (Å²) in [5.74, 6) is 2.04. The van der Waals surface area contributed by atoms with E-state index in [1.165, 1.54) is 5.56 Å². The van der Waals surface area contributed by atoms with Gasteiger partial charge >= 0.3 is 0 Å². The van der Waals surface area contributed by atoms with Crippen molar-refractivity contribution in [3.05, 3.63) is 58.6 Å². The minimum atomic E-state index is 0. The van der Waals surface area contributed by atoms with Crippen LogP contribution in [0.3, 0.4) is 0 Å². The van der Waals surface area contributed by atoms with Crippen molar-refractivity contribution >= 4 is 41.5 Å². The van der Waals surface area contributed by atoms with Crippen molar-refractivity contribution in [1.29, 1.82) is 0 Å². The molecule has 0 radical (unpaired) electrons. The van der Waals surface area contributed by atoms with Gasteiger partial charge in [-0.05, 0) is 23.3 Å². The summed E-state index contributed by atoms with van der Waals surface area (Å²) in [5.41, 5.74) is 2.20. The summed E-state index contributed by atoms with van der Waals surface area (Å²) in [4.78, 5) is 4.23. The second kappa shape index (κ2) is 9.72. The van der Waals surface area contributed by atoms with Crippen LogP contribution in [0.4, 0.5) is 0 Å². The standard InChI is InChI=1S/C18H20ClN3O2.HI/c1-20-18(21-11-13-5-3-2-4-6-13)22-12-14-9-15(19)17-16(10-14)23-7-8-24-17;/h2-6,9-10H,7-8,11-12H2,1H3,(H2,20,21,22);1H. The highest BCUT2D eigenvalue weighted by Gasteiger charge is 2.16. The molecule has 0 fully saturated rings. The van der Waals surface area contributed by atoms with Crippen LogP contribution in [0, 0.1) is 0 Å². The molecule has 3 rings (SSSR count). The lowest BCUT2D eigenvalue weighted by atomic mass is 10.2. The van der Waals surface area contributed by atoms with E-state index >= 15 is 0 Å². The maximum atomic E-state index is 6.26. The van der Waals surface area contributed by atoms with E-state index in [-0.39, 0.29) is 24.0 Å². The molecule has 134 valence electrons. The molecule has 0 spiro atoms. The number of guanidine groups is 1. The Morgan fingerprint density at radius 2 is 1.72 bits per heavy atom. The summed E-state index contributed by atoms with van der Waals surface area (Å²) < 4.78 is 11.1. The molecule has 0 bridgehead atoms. The lowest BCUT2D eigenvalue weighted by molar-refractivity contribution is 0.171. The molecule has 0 aliphatic carbocycles. The molecule has 2 aromatic rings. The van der Waals surface area contributed by atoms with Crippen molar-refractivity contribution in [3.8, 4) is 11.5 Å². The van der Waals surface area contributed by atoms with E-state index in [0.29, 0.717) is 42.8 Å². The highest BCUT2D eigenvalue weighted by molar-refractivity contribution is 14.0. The van der Waals surface area contributed by atoms with Gasteiger partial charge in [-0.15, -0.1) is 24.0 Å². The Morgan fingerprint density at radius 1 is 1.04 bits per heavy atom. The number of benzene rings is 2. The molecule has 2 N–H and O–H groups in total. The largest absolute Gasteiger partial charge is 0.486 e. The van der Waals surface area contributed by atoms with E-state index in [1.807, 2.05) is 30.3 Å². The van der Waals surface area contributed by atoms with Crippen molar-refractivity contribution in [2.75, 3.05) is 20.3 Å². The Morgan fingerprint density at radius 3 is 2.44 bits per heavy atom. The molecule has 1 aliphatic rings. The van der Waals surface area contributed by atoms with Crippen molar-refractivity contribution in [2.24, 2.45) is 4.99 Å². The van der Waals surface area contributed by atoms with Crippen LogP contribution in [0.25, 0.3) is 0 Å². The Kier molecular flexibility index (Phi) is 7.64. The van der Waals surface area contributed by atoms with Crippen molar-refractivity contribution in [2.45, 2.75) is 13.1 Å². The number of rotatable bonds is 4. The quantitative estimate of drug-likeness (QED) is 0.405. The second-order valence-corrected chi connectivity index (χ2v) is 5.77. The van der Waals surface area contributed by atoms with Crippen LogP contribution in [-0.4, -0.2) is 26.2 Å². The summed E-state index contributed by atoms with van der Waals surface area (Å²) in [6, 6.07) is 14.0. The van der Waals surface area contributed by atoms with Crippen LogP contribution in [0.1, 0.15) is 11.1 Å². The summed E-state index contributed by atoms with van der Waals surface area (Å²) in [5, 5.41) is 7.12. The first-order valence-corrected chi connectivity index (χ1v) is 8.20. The molecule has 2 aromatic carbocycles. The van der Waals surface area contributed by atoms with Crippen molar-refractivity contribution in [1.82, 2.24) is 10.6 Å². The highest BCUT2D eigenvalue weighted by Crippen LogP contribution is 2.38. The molecule has 0 saturated heterocycles. The molecule has 0 aromatic heterocycles. The molecule has 5 nitrogen and oxygen atoms in total. The monoisotopic (exact) mass is 473 g/mol. The van der Waals surface area contributed by atoms with Gasteiger partial charge in [0, 0.05) is 20.1 Å². The summed E-state index contributed by atoms with van der Waals surface area (Å²) >= 11 is 6.26. The maximum absolute atomic E-state index is 6.26. The summed E-state index contributed by atoms with van der Waals surface area (Å²) in [7, 11) is 1.75. The van der Waals surface area contributed by atoms with Gasteiger partial charge < -0.3 is 20.1 Å². The zero-order valence-corrected chi connectivity index (χ0v) is 17.0. The fraction of sp³-hybridized carbons (Fsp3) is 0.278. The fourth-order valence-corrected chi connectivity index (χ4v) is 2.74. The van der Waals surface area contributed by atoms with Gasteiger partial charge in [-0.25, -0.2) is 0 Å². The molecule has 0 unspecified atom stereocenters. The molecular weight excluding hydrogens is 453 g/mol. The lowest BCUT2D eigenvalue weighted by Gasteiger charge is -2.20. The molecule has 0 saturated carbocycles. The number of ether oxygens (including phenoxy) is 2. The molecule has 0 atom stereocenters. The Labute approximate surface area is 169 Å². The number of halogens is 2. The van der Waals surface area contributed by atoms with Gasteiger partial charge in [0.1, 0.15) is 13.2 Å². The van der Waals surface area contributed by atoms with Gasteiger partial charge in [0.25, 0.3) is 0 Å². The van der Waals surface area contributed by atoms with Gasteiger partial charge in [-0.1, -0.05) is 41.9 Å². The van der Waals surface area contributed by atoms with Gasteiger partial charge in [0.2, 0.25) is 0 Å². The third-order valence-electron chi connectivity index (χ3n) is 3.64. The van der Waals surface area contributed by atoms with Gasteiger partial charge in [-0.2, -0.15) is 0 Å². The number of fused-ring (bicyclic) bond motifs is 1. The number of nitrogens with zero attached hydrogens (tertiary/aromatic N) is 1. The number of hydrogen-bond acceptors (Lipinski definition) is 3. The minimum absolute atomic E-state index is 0. The molecule has 0 amide bonds. The lowest BCUT2D eigenvalue weighted by Crippen LogP contribution is -2.36. The SMILES string of the molecule is CN=C(NCc1ccccc1)NCc1cc(Cl)c2c(c1)OCCO2.I. The molecule has 7 heteroatoms. The zero-order chi connectivity index (χ0) is 16.8. The van der Waals surface area contributed by atoms with Crippen LogP contribution in [0.5, 0.6) is 11.5 Å². The average molecular weight is 474 g/mol. The molecule has 25 heavy (non-hydrogen) atoms. The van der Waals surface area contributed by atoms with Crippen LogP contribution in [0.2, 0.25) is 5.02 Å². The van der Waals surface area contributed by atoms with E-state index < -0.39 is 0 Å². The van der Waals surface area contributed by atoms with Gasteiger partial charge in [0.15, 0.2) is 17.5 Å². The third-order valence-corrected chi connectivity index (χ3v) is 3.92. The first-order chi connectivity index (χ1) is 11.8. The van der Waals surface area contributed by atoms with Crippen LogP contribution >= 0.6 is 35.6 Å². The molecular formula is C18H21ClIN3O2. The first-order valence-electron chi connectivity index (χ1n) is 7.82. The third kappa shape index (κ3) is 5.40. The summed E-state index contributed by atoms with van der Waals surface area (Å²) in [6.07, 6.45) is 0. The van der Waals surface area contributed by atoms with E-state index in [4.69, 9.17) is 21.1 Å². The summed E-state index contributed by atoms with van der Waals surface area (Å²) in [6.45, 7) is 2.37. The number of aliphatic imine (C=N–C) groups is 1. The van der Waals surface area contributed by atoms with Crippen molar-refractivity contribution in [3.63, 3.8) is 0 Å². The fourth-order valence-electron chi connectivity index (χ4n) is 2.45. The van der Waals surface area contributed by atoms with E-state index in [9.17, 15) is 0 Å². The minimum Gasteiger partial charge on any atom is -0.486 e. The van der Waals surface area contributed by atoms with Crippen LogP contribution in [0.15, 0.2) is 47.5 Å². The van der Waals surface area contributed by atoms with E-state index in [2.05, 4.69) is 27.8 Å². The predicted molar refractivity (Wildman–Crippen MR) is 111 cm³/mol. The Hall–Kier alpha value is -1.67. The van der Waals surface area contributed by atoms with E-state index in [0.717, 1.165) is 11.5 Å². The Balaban J connectivity index is 0.00000225. The maximum Gasteiger partial charge on any atom is 0.191 e. The predicted octanol–water partition coefficient (Wildman–Crippen LogP) is 3.59. The highest BCUT2D eigenvalue weighted by atomic mass is 127. The molecule has 1 aliphatic heterocycles.